The fraction of sp³-hybridized carbons (Fsp3) is 0.222. The number of phenolic OH excluding ortho intramolecular Hbond substituents is 1. The Hall–Kier alpha value is -2.48. The lowest BCUT2D eigenvalue weighted by molar-refractivity contribution is -0.137. The minimum Gasteiger partial charge on any atom is -0.508 e. The van der Waals surface area contributed by atoms with Crippen molar-refractivity contribution < 1.29 is 23.1 Å². The predicted octanol–water partition coefficient (Wildman–Crippen LogP) is 4.27. The van der Waals surface area contributed by atoms with Gasteiger partial charge in [0.25, 0.3) is 0 Å². The van der Waals surface area contributed by atoms with E-state index in [0.717, 1.165) is 27.6 Å². The molecule has 0 aliphatic carbocycles. The number of nitrogens with zero attached hydrogens (tertiary/aromatic N) is 2. The van der Waals surface area contributed by atoms with Crippen molar-refractivity contribution in [3.05, 3.63) is 53.6 Å². The summed E-state index contributed by atoms with van der Waals surface area (Å²) < 4.78 is 38.9. The predicted molar refractivity (Wildman–Crippen MR) is 92.4 cm³/mol. The molecule has 0 saturated heterocycles. The molecule has 2 aromatic carbocycles. The average Bonchev–Trinajstić information content (AvgIpc) is 2.60. The maximum absolute atomic E-state index is 13.0. The van der Waals surface area contributed by atoms with Crippen LogP contribution < -0.4 is 5.01 Å². The molecule has 1 atom stereocenters. The number of thioether (sulfide) groups is 1. The van der Waals surface area contributed by atoms with Crippen molar-refractivity contribution in [3.63, 3.8) is 0 Å². The molecule has 2 aliphatic heterocycles. The monoisotopic (exact) mass is 378 g/mol. The molecule has 2 aliphatic rings. The zero-order chi connectivity index (χ0) is 18.5. The highest BCUT2D eigenvalue weighted by molar-refractivity contribution is 7.99. The van der Waals surface area contributed by atoms with Crippen molar-refractivity contribution >= 4 is 29.1 Å². The van der Waals surface area contributed by atoms with E-state index in [2.05, 4.69) is 5.10 Å². The zero-order valence-corrected chi connectivity index (χ0v) is 14.1. The topological polar surface area (TPSA) is 52.9 Å². The number of aromatic hydroxyl groups is 1. The summed E-state index contributed by atoms with van der Waals surface area (Å²) in [6.45, 7) is 0. The van der Waals surface area contributed by atoms with Crippen molar-refractivity contribution in [2.45, 2.75) is 17.5 Å². The second kappa shape index (κ2) is 6.05. The summed E-state index contributed by atoms with van der Waals surface area (Å²) in [5.41, 5.74) is 0.584. The number of benzene rings is 2. The lowest BCUT2D eigenvalue weighted by atomic mass is 9.92. The number of fused-ring (bicyclic) bond motifs is 3. The summed E-state index contributed by atoms with van der Waals surface area (Å²) in [6, 6.07) is 9.49. The third-order valence-corrected chi connectivity index (χ3v) is 5.58. The number of hydrogen-bond donors (Lipinski definition) is 1. The van der Waals surface area contributed by atoms with Gasteiger partial charge >= 0.3 is 6.18 Å². The highest BCUT2D eigenvalue weighted by atomic mass is 32.2. The number of amides is 1. The van der Waals surface area contributed by atoms with Crippen LogP contribution in [0.25, 0.3) is 0 Å². The van der Waals surface area contributed by atoms with E-state index in [1.54, 1.807) is 30.0 Å². The SMILES string of the molecule is O=C1CC2CSc3ccc(O)cc3C2=NN1c1cccc(C(F)(F)F)c1. The first kappa shape index (κ1) is 17.0. The molecule has 2 heterocycles. The third kappa shape index (κ3) is 2.94. The van der Waals surface area contributed by atoms with Crippen LogP contribution in [-0.2, 0) is 11.0 Å². The highest BCUT2D eigenvalue weighted by Gasteiger charge is 2.36. The van der Waals surface area contributed by atoms with E-state index in [-0.39, 0.29) is 29.7 Å². The minimum atomic E-state index is -4.50. The number of phenols is 1. The Morgan fingerprint density at radius 1 is 1.19 bits per heavy atom. The Kier molecular flexibility index (Phi) is 3.95. The number of hydrazone groups is 1. The molecule has 1 N–H and O–H groups in total. The van der Waals surface area contributed by atoms with Crippen LogP contribution in [0.15, 0.2) is 52.5 Å². The smallest absolute Gasteiger partial charge is 0.416 e. The Morgan fingerprint density at radius 2 is 2.00 bits per heavy atom. The molecule has 2 aromatic rings. The van der Waals surface area contributed by atoms with Gasteiger partial charge in [0.05, 0.1) is 17.0 Å². The normalized spacial score (nSPS) is 19.7. The number of alkyl halides is 3. The van der Waals surface area contributed by atoms with Gasteiger partial charge in [-0.2, -0.15) is 18.3 Å². The van der Waals surface area contributed by atoms with E-state index < -0.39 is 11.7 Å². The molecule has 0 spiro atoms. The second-order valence-corrected chi connectivity index (χ2v) is 7.19. The number of carbonyl (C=O) groups excluding carboxylic acids is 1. The van der Waals surface area contributed by atoms with Crippen molar-refractivity contribution in [1.29, 1.82) is 0 Å². The molecule has 0 radical (unpaired) electrons. The number of carbonyl (C=O) groups is 1. The van der Waals surface area contributed by atoms with Gasteiger partial charge < -0.3 is 5.11 Å². The summed E-state index contributed by atoms with van der Waals surface area (Å²) in [6.07, 6.45) is -4.33. The van der Waals surface area contributed by atoms with Crippen molar-refractivity contribution in [2.75, 3.05) is 10.8 Å². The Morgan fingerprint density at radius 3 is 2.77 bits per heavy atom. The van der Waals surface area contributed by atoms with Crippen LogP contribution in [0.1, 0.15) is 17.5 Å². The van der Waals surface area contributed by atoms with Gasteiger partial charge in [-0.3, -0.25) is 4.79 Å². The van der Waals surface area contributed by atoms with Gasteiger partial charge in [-0.05, 0) is 36.4 Å². The van der Waals surface area contributed by atoms with Gasteiger partial charge in [0.2, 0.25) is 5.91 Å². The quantitative estimate of drug-likeness (QED) is 0.806. The lowest BCUT2D eigenvalue weighted by Gasteiger charge is -2.33. The Labute approximate surface area is 151 Å². The number of anilines is 1. The molecule has 4 rings (SSSR count). The van der Waals surface area contributed by atoms with E-state index in [9.17, 15) is 23.1 Å². The van der Waals surface area contributed by atoms with E-state index >= 15 is 0 Å². The summed E-state index contributed by atoms with van der Waals surface area (Å²) in [7, 11) is 0. The van der Waals surface area contributed by atoms with E-state index in [1.807, 2.05) is 0 Å². The summed E-state index contributed by atoms with van der Waals surface area (Å²) >= 11 is 1.58. The van der Waals surface area contributed by atoms with Gasteiger partial charge in [-0.1, -0.05) is 6.07 Å². The number of halogens is 3. The molecule has 134 valence electrons. The fourth-order valence-electron chi connectivity index (χ4n) is 3.10. The van der Waals surface area contributed by atoms with Gasteiger partial charge in [0.15, 0.2) is 0 Å². The molecule has 1 unspecified atom stereocenters. The number of hydrogen-bond acceptors (Lipinski definition) is 4. The summed E-state index contributed by atoms with van der Waals surface area (Å²) in [5.74, 6) is 0.278. The first-order chi connectivity index (χ1) is 12.3. The van der Waals surface area contributed by atoms with Crippen molar-refractivity contribution in [1.82, 2.24) is 0 Å². The number of rotatable bonds is 1. The van der Waals surface area contributed by atoms with Gasteiger partial charge in [-0.15, -0.1) is 11.8 Å². The molecule has 0 fully saturated rings. The fourth-order valence-corrected chi connectivity index (χ4v) is 4.24. The van der Waals surface area contributed by atoms with Crippen LogP contribution >= 0.6 is 11.8 Å². The van der Waals surface area contributed by atoms with Gasteiger partial charge in [0.1, 0.15) is 5.75 Å². The van der Waals surface area contributed by atoms with E-state index in [1.165, 1.54) is 12.1 Å². The average molecular weight is 378 g/mol. The maximum Gasteiger partial charge on any atom is 0.416 e. The summed E-state index contributed by atoms with van der Waals surface area (Å²) in [4.78, 5) is 13.4. The zero-order valence-electron chi connectivity index (χ0n) is 13.3. The molecule has 0 aromatic heterocycles. The van der Waals surface area contributed by atoms with Crippen LogP contribution in [0.3, 0.4) is 0 Å². The molecule has 0 bridgehead atoms. The van der Waals surface area contributed by atoms with E-state index in [4.69, 9.17) is 0 Å². The van der Waals surface area contributed by atoms with Crippen LogP contribution in [0, 0.1) is 5.92 Å². The first-order valence-electron chi connectivity index (χ1n) is 7.88. The highest BCUT2D eigenvalue weighted by Crippen LogP contribution is 2.39. The molecular formula is C18H13F3N2O2S. The van der Waals surface area contributed by atoms with Crippen molar-refractivity contribution in [2.24, 2.45) is 11.0 Å². The second-order valence-electron chi connectivity index (χ2n) is 6.13. The van der Waals surface area contributed by atoms with Crippen molar-refractivity contribution in [3.8, 4) is 5.75 Å². The maximum atomic E-state index is 13.0. The molecule has 26 heavy (non-hydrogen) atoms. The summed E-state index contributed by atoms with van der Waals surface area (Å²) in [5, 5.41) is 15.2. The van der Waals surface area contributed by atoms with E-state index in [0.29, 0.717) is 11.5 Å². The van der Waals surface area contributed by atoms with Gasteiger partial charge in [-0.25, -0.2) is 5.01 Å². The van der Waals surface area contributed by atoms with Crippen LogP contribution in [-0.4, -0.2) is 22.5 Å². The lowest BCUT2D eigenvalue weighted by Crippen LogP contribution is -2.39. The van der Waals surface area contributed by atoms with Crippen LogP contribution in [0.5, 0.6) is 5.75 Å². The molecule has 1 amide bonds. The van der Waals surface area contributed by atoms with Gasteiger partial charge in [0, 0.05) is 28.6 Å². The first-order valence-corrected chi connectivity index (χ1v) is 8.86. The Balaban J connectivity index is 1.80. The van der Waals surface area contributed by atoms with Crippen LogP contribution in [0.2, 0.25) is 0 Å². The standard InChI is InChI=1S/C18H13F3N2O2S/c19-18(20,21)11-2-1-3-12(7-11)23-16(25)6-10-9-26-15-5-4-13(24)8-14(15)17(10)22-23/h1-5,7-8,10,24H,6,9H2. The minimum absolute atomic E-state index is 0.0789. The van der Waals surface area contributed by atoms with Crippen LogP contribution in [0.4, 0.5) is 18.9 Å². The molecular weight excluding hydrogens is 365 g/mol. The molecule has 4 nitrogen and oxygen atoms in total. The largest absolute Gasteiger partial charge is 0.508 e. The third-order valence-electron chi connectivity index (χ3n) is 4.35. The molecule has 8 heteroatoms. The Bertz CT molecular complexity index is 927. The molecule has 0 saturated carbocycles.